The van der Waals surface area contributed by atoms with Gasteiger partial charge in [0.25, 0.3) is 5.91 Å². The van der Waals surface area contributed by atoms with Crippen molar-refractivity contribution in [1.82, 2.24) is 5.32 Å². The number of hydrogen-bond donors (Lipinski definition) is 2. The lowest BCUT2D eigenvalue weighted by molar-refractivity contribution is -0.162. The van der Waals surface area contributed by atoms with Gasteiger partial charge in [0.05, 0.1) is 25.3 Å². The van der Waals surface area contributed by atoms with E-state index in [0.29, 0.717) is 6.07 Å². The molecule has 0 fully saturated rings. The SMILES string of the molecule is COC(=O)C(C(=O)OC)[C@H](C)[C@@H](NC(=O)c1ccccc1C(F)(F)F)C(=O)O. The number of rotatable bonds is 7. The summed E-state index contributed by atoms with van der Waals surface area (Å²) in [6, 6.07) is 1.91. The van der Waals surface area contributed by atoms with E-state index in [-0.39, 0.29) is 0 Å². The Balaban J connectivity index is 3.24. The molecule has 2 atom stereocenters. The molecule has 0 aliphatic rings. The summed E-state index contributed by atoms with van der Waals surface area (Å²) in [5.74, 6) is -8.33. The Labute approximate surface area is 157 Å². The number of alkyl halides is 3. The number of hydrogen-bond acceptors (Lipinski definition) is 6. The quantitative estimate of drug-likeness (QED) is 0.521. The number of ether oxygens (including phenoxy) is 2. The van der Waals surface area contributed by atoms with E-state index < -0.39 is 59.0 Å². The van der Waals surface area contributed by atoms with Gasteiger partial charge in [-0.2, -0.15) is 13.2 Å². The van der Waals surface area contributed by atoms with Crippen LogP contribution in [0.3, 0.4) is 0 Å². The standard InChI is InChI=1S/C17H18F3NO7/c1-8(11(15(25)27-2)16(26)28-3)12(14(23)24)21-13(22)9-6-4-5-7-10(9)17(18,19)20/h4-8,11-12H,1-3H3,(H,21,22)(H,23,24)/t8-,12+/m0/s1. The van der Waals surface area contributed by atoms with Gasteiger partial charge in [-0.25, -0.2) is 4.79 Å². The van der Waals surface area contributed by atoms with Crippen LogP contribution in [0.4, 0.5) is 13.2 Å². The number of methoxy groups -OCH3 is 2. The Morgan fingerprint density at radius 3 is 1.96 bits per heavy atom. The molecular weight excluding hydrogens is 387 g/mol. The van der Waals surface area contributed by atoms with Crippen molar-refractivity contribution in [3.8, 4) is 0 Å². The monoisotopic (exact) mass is 405 g/mol. The summed E-state index contributed by atoms with van der Waals surface area (Å²) in [5, 5.41) is 11.3. The number of esters is 2. The lowest BCUT2D eigenvalue weighted by Gasteiger charge is -2.26. The largest absolute Gasteiger partial charge is 0.480 e. The van der Waals surface area contributed by atoms with E-state index in [1.165, 1.54) is 6.07 Å². The van der Waals surface area contributed by atoms with Crippen LogP contribution in [-0.2, 0) is 30.0 Å². The van der Waals surface area contributed by atoms with Crippen molar-refractivity contribution in [3.05, 3.63) is 35.4 Å². The molecule has 0 heterocycles. The zero-order chi connectivity index (χ0) is 21.6. The van der Waals surface area contributed by atoms with Crippen molar-refractivity contribution in [2.45, 2.75) is 19.1 Å². The molecule has 0 bridgehead atoms. The van der Waals surface area contributed by atoms with E-state index in [0.717, 1.165) is 33.3 Å². The number of amides is 1. The van der Waals surface area contributed by atoms with Crippen molar-refractivity contribution in [1.29, 1.82) is 0 Å². The van der Waals surface area contributed by atoms with Crippen molar-refractivity contribution in [2.24, 2.45) is 11.8 Å². The molecule has 1 aromatic carbocycles. The number of benzene rings is 1. The van der Waals surface area contributed by atoms with Crippen LogP contribution in [0.15, 0.2) is 24.3 Å². The average Bonchev–Trinajstić information content (AvgIpc) is 2.64. The summed E-state index contributed by atoms with van der Waals surface area (Å²) < 4.78 is 48.1. The van der Waals surface area contributed by atoms with Crippen molar-refractivity contribution >= 4 is 23.8 Å². The molecule has 2 N–H and O–H groups in total. The van der Waals surface area contributed by atoms with Crippen molar-refractivity contribution < 1.29 is 46.9 Å². The molecular formula is C17H18F3NO7. The Morgan fingerprint density at radius 2 is 1.54 bits per heavy atom. The first-order chi connectivity index (χ1) is 12.9. The fourth-order valence-electron chi connectivity index (χ4n) is 2.54. The molecule has 1 rings (SSSR count). The van der Waals surface area contributed by atoms with Gasteiger partial charge in [0.2, 0.25) is 0 Å². The van der Waals surface area contributed by atoms with Gasteiger partial charge in [-0.3, -0.25) is 14.4 Å². The second-order valence-electron chi connectivity index (χ2n) is 5.72. The molecule has 154 valence electrons. The van der Waals surface area contributed by atoms with E-state index >= 15 is 0 Å². The van der Waals surface area contributed by atoms with Crippen LogP contribution >= 0.6 is 0 Å². The molecule has 0 spiro atoms. The molecule has 11 heteroatoms. The highest BCUT2D eigenvalue weighted by Gasteiger charge is 2.43. The van der Waals surface area contributed by atoms with Gasteiger partial charge >= 0.3 is 24.1 Å². The minimum atomic E-state index is -4.85. The van der Waals surface area contributed by atoms with Crippen LogP contribution in [0.25, 0.3) is 0 Å². The molecule has 0 aromatic heterocycles. The number of carboxylic acid groups (broad SMARTS) is 1. The summed E-state index contributed by atoms with van der Waals surface area (Å²) in [5.41, 5.74) is -2.07. The van der Waals surface area contributed by atoms with Crippen LogP contribution in [0, 0.1) is 11.8 Å². The number of carbonyl (C=O) groups excluding carboxylic acids is 3. The van der Waals surface area contributed by atoms with Crippen molar-refractivity contribution in [3.63, 3.8) is 0 Å². The smallest absolute Gasteiger partial charge is 0.417 e. The minimum absolute atomic E-state index is 0.666. The molecule has 0 aliphatic carbocycles. The van der Waals surface area contributed by atoms with Crippen LogP contribution in [0.2, 0.25) is 0 Å². The molecule has 1 aromatic rings. The van der Waals surface area contributed by atoms with Gasteiger partial charge in [0, 0.05) is 5.92 Å². The molecule has 0 saturated heterocycles. The lowest BCUT2D eigenvalue weighted by atomic mass is 9.87. The summed E-state index contributed by atoms with van der Waals surface area (Å²) in [4.78, 5) is 47.6. The third kappa shape index (κ3) is 5.21. The van der Waals surface area contributed by atoms with E-state index in [9.17, 15) is 37.5 Å². The molecule has 8 nitrogen and oxygen atoms in total. The molecule has 1 amide bonds. The summed E-state index contributed by atoms with van der Waals surface area (Å²) >= 11 is 0. The highest BCUT2D eigenvalue weighted by Crippen LogP contribution is 2.32. The normalized spacial score (nSPS) is 13.4. The van der Waals surface area contributed by atoms with Gasteiger partial charge in [-0.15, -0.1) is 0 Å². The molecule has 0 aliphatic heterocycles. The minimum Gasteiger partial charge on any atom is -0.480 e. The predicted octanol–water partition coefficient (Wildman–Crippen LogP) is 1.49. The summed E-state index contributed by atoms with van der Waals surface area (Å²) in [6.45, 7) is 1.15. The third-order valence-electron chi connectivity index (χ3n) is 3.99. The zero-order valence-electron chi connectivity index (χ0n) is 15.1. The fourth-order valence-corrected chi connectivity index (χ4v) is 2.54. The second-order valence-corrected chi connectivity index (χ2v) is 5.72. The topological polar surface area (TPSA) is 119 Å². The van der Waals surface area contributed by atoms with E-state index in [4.69, 9.17) is 0 Å². The summed E-state index contributed by atoms with van der Waals surface area (Å²) in [7, 11) is 1.91. The van der Waals surface area contributed by atoms with Crippen LogP contribution in [0.1, 0.15) is 22.8 Å². The maximum atomic E-state index is 13.1. The van der Waals surface area contributed by atoms with Crippen LogP contribution < -0.4 is 5.32 Å². The Morgan fingerprint density at radius 1 is 1.04 bits per heavy atom. The van der Waals surface area contributed by atoms with Crippen LogP contribution in [-0.4, -0.2) is 49.2 Å². The second kappa shape index (κ2) is 9.20. The van der Waals surface area contributed by atoms with E-state index in [2.05, 4.69) is 9.47 Å². The predicted molar refractivity (Wildman–Crippen MR) is 87.0 cm³/mol. The number of carbonyl (C=O) groups is 4. The van der Waals surface area contributed by atoms with Gasteiger partial charge in [0.1, 0.15) is 6.04 Å². The summed E-state index contributed by atoms with van der Waals surface area (Å²) in [6.07, 6.45) is -4.85. The number of halogens is 3. The molecule has 0 saturated carbocycles. The van der Waals surface area contributed by atoms with E-state index in [1.54, 1.807) is 0 Å². The van der Waals surface area contributed by atoms with Crippen LogP contribution in [0.5, 0.6) is 0 Å². The number of aliphatic carboxylic acids is 1. The third-order valence-corrected chi connectivity index (χ3v) is 3.99. The molecule has 28 heavy (non-hydrogen) atoms. The Hall–Kier alpha value is -3.11. The zero-order valence-corrected chi connectivity index (χ0v) is 15.1. The maximum Gasteiger partial charge on any atom is 0.417 e. The maximum absolute atomic E-state index is 13.1. The Kier molecular flexibility index (Phi) is 7.53. The first kappa shape index (κ1) is 22.9. The van der Waals surface area contributed by atoms with Gasteiger partial charge in [-0.1, -0.05) is 19.1 Å². The first-order valence-electron chi connectivity index (χ1n) is 7.81. The first-order valence-corrected chi connectivity index (χ1v) is 7.81. The van der Waals surface area contributed by atoms with Crippen molar-refractivity contribution in [2.75, 3.05) is 14.2 Å². The number of carboxylic acids is 1. The number of nitrogens with one attached hydrogen (secondary N) is 1. The van der Waals surface area contributed by atoms with Gasteiger partial charge in [-0.05, 0) is 12.1 Å². The average molecular weight is 405 g/mol. The fraction of sp³-hybridized carbons (Fsp3) is 0.412. The Bertz CT molecular complexity index is 747. The lowest BCUT2D eigenvalue weighted by Crippen LogP contribution is -2.50. The highest BCUT2D eigenvalue weighted by atomic mass is 19.4. The van der Waals surface area contributed by atoms with E-state index in [1.807, 2.05) is 5.32 Å². The van der Waals surface area contributed by atoms with Gasteiger partial charge in [0.15, 0.2) is 5.92 Å². The van der Waals surface area contributed by atoms with Gasteiger partial charge < -0.3 is 19.9 Å². The molecule has 0 radical (unpaired) electrons. The highest BCUT2D eigenvalue weighted by molar-refractivity contribution is 5.99. The molecule has 0 unspecified atom stereocenters.